The van der Waals surface area contributed by atoms with Gasteiger partial charge < -0.3 is 4.52 Å². The molecule has 0 spiro atoms. The molecule has 1 heterocycles. The van der Waals surface area contributed by atoms with Crippen molar-refractivity contribution < 1.29 is 18.1 Å². The number of carbonyl (C=O) groups excluding carboxylic acids is 1. The molecule has 124 valence electrons. The highest BCUT2D eigenvalue weighted by molar-refractivity contribution is 5.98. The molecule has 0 aromatic carbocycles. The Morgan fingerprint density at radius 1 is 1.50 bits per heavy atom. The molecule has 0 aliphatic heterocycles. The molecule has 1 aromatic rings. The molecular formula is C16H24F2N2O2. The van der Waals surface area contributed by atoms with Crippen molar-refractivity contribution in [1.82, 2.24) is 5.16 Å². The number of hydrogen-bond donors (Lipinski definition) is 1. The Balaban J connectivity index is 0.00000116. The van der Waals surface area contributed by atoms with E-state index in [1.165, 1.54) is 12.2 Å². The van der Waals surface area contributed by atoms with Gasteiger partial charge in [0.1, 0.15) is 0 Å². The number of amides is 1. The third kappa shape index (κ3) is 5.24. The van der Waals surface area contributed by atoms with E-state index in [1.807, 2.05) is 34.6 Å². The molecule has 1 saturated carbocycles. The number of nitrogens with one attached hydrogen (secondary N) is 1. The highest BCUT2D eigenvalue weighted by Gasteiger charge is 2.55. The van der Waals surface area contributed by atoms with Crippen molar-refractivity contribution >= 4 is 11.8 Å². The van der Waals surface area contributed by atoms with Gasteiger partial charge in [0.2, 0.25) is 11.8 Å². The molecule has 1 aliphatic carbocycles. The van der Waals surface area contributed by atoms with Crippen LogP contribution in [-0.2, 0) is 10.2 Å². The summed E-state index contributed by atoms with van der Waals surface area (Å²) >= 11 is 0. The van der Waals surface area contributed by atoms with E-state index in [2.05, 4.69) is 10.5 Å². The number of rotatable bonds is 4. The van der Waals surface area contributed by atoms with Crippen LogP contribution in [0.3, 0.4) is 0 Å². The third-order valence-electron chi connectivity index (χ3n) is 3.17. The Labute approximate surface area is 129 Å². The molecule has 0 saturated heterocycles. The van der Waals surface area contributed by atoms with Gasteiger partial charge in [-0.2, -0.15) is 0 Å². The lowest BCUT2D eigenvalue weighted by atomic mass is 9.92. The number of allylic oxidation sites excluding steroid dienone is 1. The van der Waals surface area contributed by atoms with Gasteiger partial charge in [0.05, 0.1) is 5.69 Å². The van der Waals surface area contributed by atoms with Crippen LogP contribution in [0, 0.1) is 5.92 Å². The topological polar surface area (TPSA) is 55.1 Å². The Bertz CT molecular complexity index is 530. The van der Waals surface area contributed by atoms with Gasteiger partial charge in [-0.15, -0.1) is 0 Å². The standard InChI is InChI=1S/C14H18F2N2O2.C2H6/c1-13(2,3)10-7-12(20-18-10)17-11(19)6-4-5-9-8-14(9,15)16;1-2/h4,6-7,9H,5,8H2,1-3H3,(H,17,19);1-2H3/b6-4+;. The number of halogens is 2. The number of anilines is 1. The van der Waals surface area contributed by atoms with E-state index in [0.29, 0.717) is 0 Å². The SMILES string of the molecule is CC.CC(C)(C)c1cc(NC(=O)/C=C/CC2CC2(F)F)on1. The quantitative estimate of drug-likeness (QED) is 0.830. The van der Waals surface area contributed by atoms with Crippen molar-refractivity contribution in [3.63, 3.8) is 0 Å². The van der Waals surface area contributed by atoms with Gasteiger partial charge in [0.25, 0.3) is 5.92 Å². The van der Waals surface area contributed by atoms with Crippen LogP contribution in [0.25, 0.3) is 0 Å². The largest absolute Gasteiger partial charge is 0.338 e. The Morgan fingerprint density at radius 2 is 2.09 bits per heavy atom. The Kier molecular flexibility index (Phi) is 5.85. The molecule has 0 bridgehead atoms. The van der Waals surface area contributed by atoms with E-state index in [-0.39, 0.29) is 24.1 Å². The monoisotopic (exact) mass is 314 g/mol. The molecule has 4 nitrogen and oxygen atoms in total. The molecule has 2 rings (SSSR count). The average molecular weight is 314 g/mol. The zero-order chi connectivity index (χ0) is 17.0. The maximum atomic E-state index is 12.6. The lowest BCUT2D eigenvalue weighted by Crippen LogP contribution is -2.11. The van der Waals surface area contributed by atoms with Gasteiger partial charge in [-0.1, -0.05) is 45.9 Å². The van der Waals surface area contributed by atoms with Crippen molar-refractivity contribution in [2.75, 3.05) is 5.32 Å². The van der Waals surface area contributed by atoms with Crippen LogP contribution in [0.5, 0.6) is 0 Å². The predicted molar refractivity (Wildman–Crippen MR) is 82.0 cm³/mol. The zero-order valence-corrected chi connectivity index (χ0v) is 13.7. The molecule has 6 heteroatoms. The van der Waals surface area contributed by atoms with Crippen molar-refractivity contribution in [1.29, 1.82) is 0 Å². The summed E-state index contributed by atoms with van der Waals surface area (Å²) in [5.74, 6) is -3.33. The second-order valence-corrected chi connectivity index (χ2v) is 6.12. The molecule has 1 atom stereocenters. The molecule has 1 aromatic heterocycles. The minimum atomic E-state index is -2.55. The van der Waals surface area contributed by atoms with Gasteiger partial charge in [0, 0.05) is 23.8 Å². The lowest BCUT2D eigenvalue weighted by molar-refractivity contribution is -0.112. The van der Waals surface area contributed by atoms with Gasteiger partial charge in [-0.05, 0) is 12.5 Å². The molecule has 0 radical (unpaired) electrons. The third-order valence-corrected chi connectivity index (χ3v) is 3.17. The maximum Gasteiger partial charge on any atom is 0.251 e. The molecule has 1 unspecified atom stereocenters. The highest BCUT2D eigenvalue weighted by Crippen LogP contribution is 2.50. The Morgan fingerprint density at radius 3 is 2.55 bits per heavy atom. The van der Waals surface area contributed by atoms with E-state index < -0.39 is 17.7 Å². The first kappa shape index (κ1) is 18.3. The predicted octanol–water partition coefficient (Wildman–Crippen LogP) is 4.54. The lowest BCUT2D eigenvalue weighted by Gasteiger charge is -2.12. The van der Waals surface area contributed by atoms with Crippen LogP contribution in [-0.4, -0.2) is 17.0 Å². The molecule has 1 aliphatic rings. The second kappa shape index (κ2) is 7.03. The van der Waals surface area contributed by atoms with Gasteiger partial charge in [-0.3, -0.25) is 10.1 Å². The maximum absolute atomic E-state index is 12.6. The van der Waals surface area contributed by atoms with Crippen LogP contribution < -0.4 is 5.32 Å². The fourth-order valence-electron chi connectivity index (χ4n) is 1.72. The molecule has 1 fully saturated rings. The fourth-order valence-corrected chi connectivity index (χ4v) is 1.72. The first-order valence-corrected chi connectivity index (χ1v) is 7.51. The Hall–Kier alpha value is -1.72. The van der Waals surface area contributed by atoms with Crippen molar-refractivity contribution in [2.24, 2.45) is 5.92 Å². The van der Waals surface area contributed by atoms with Crippen molar-refractivity contribution in [3.05, 3.63) is 23.9 Å². The summed E-state index contributed by atoms with van der Waals surface area (Å²) in [7, 11) is 0. The van der Waals surface area contributed by atoms with Crippen LogP contribution >= 0.6 is 0 Å². The van der Waals surface area contributed by atoms with Gasteiger partial charge in [0.15, 0.2) is 0 Å². The van der Waals surface area contributed by atoms with E-state index in [0.717, 1.165) is 5.69 Å². The van der Waals surface area contributed by atoms with Crippen LogP contribution in [0.15, 0.2) is 22.7 Å². The first-order chi connectivity index (χ1) is 10.2. The van der Waals surface area contributed by atoms with E-state index in [1.54, 1.807) is 6.07 Å². The van der Waals surface area contributed by atoms with E-state index in [9.17, 15) is 13.6 Å². The minimum absolute atomic E-state index is 0.0873. The zero-order valence-electron chi connectivity index (χ0n) is 13.7. The van der Waals surface area contributed by atoms with E-state index in [4.69, 9.17) is 4.52 Å². The first-order valence-electron chi connectivity index (χ1n) is 7.51. The summed E-state index contributed by atoms with van der Waals surface area (Å²) in [4.78, 5) is 11.6. The van der Waals surface area contributed by atoms with Crippen LogP contribution in [0.4, 0.5) is 14.7 Å². The van der Waals surface area contributed by atoms with Gasteiger partial charge in [-0.25, -0.2) is 8.78 Å². The number of aromatic nitrogens is 1. The van der Waals surface area contributed by atoms with Crippen LogP contribution in [0.2, 0.25) is 0 Å². The second-order valence-electron chi connectivity index (χ2n) is 6.12. The number of carbonyl (C=O) groups is 1. The van der Waals surface area contributed by atoms with Crippen LogP contribution in [0.1, 0.15) is 53.2 Å². The fraction of sp³-hybridized carbons (Fsp3) is 0.625. The smallest absolute Gasteiger partial charge is 0.251 e. The normalized spacial score (nSPS) is 19.5. The molecule has 1 N–H and O–H groups in total. The number of nitrogens with zero attached hydrogens (tertiary/aromatic N) is 1. The average Bonchev–Trinajstić information content (AvgIpc) is 2.83. The van der Waals surface area contributed by atoms with Gasteiger partial charge >= 0.3 is 0 Å². The summed E-state index contributed by atoms with van der Waals surface area (Å²) in [6.45, 7) is 9.94. The summed E-state index contributed by atoms with van der Waals surface area (Å²) in [6, 6.07) is 1.65. The minimum Gasteiger partial charge on any atom is -0.338 e. The molecule has 1 amide bonds. The molecular weight excluding hydrogens is 290 g/mol. The summed E-state index contributed by atoms with van der Waals surface area (Å²) in [5, 5.41) is 6.37. The van der Waals surface area contributed by atoms with Crippen molar-refractivity contribution in [2.45, 2.75) is 58.8 Å². The van der Waals surface area contributed by atoms with Crippen molar-refractivity contribution in [3.8, 4) is 0 Å². The number of hydrogen-bond acceptors (Lipinski definition) is 3. The summed E-state index contributed by atoms with van der Waals surface area (Å²) in [5.41, 5.74) is 0.564. The van der Waals surface area contributed by atoms with E-state index >= 15 is 0 Å². The summed E-state index contributed by atoms with van der Waals surface area (Å²) in [6.07, 6.45) is 2.83. The molecule has 22 heavy (non-hydrogen) atoms. The summed E-state index contributed by atoms with van der Waals surface area (Å²) < 4.78 is 30.2. The highest BCUT2D eigenvalue weighted by atomic mass is 19.3. The number of alkyl halides is 2.